The molecule has 0 unspecified atom stereocenters. The molecule has 0 atom stereocenters. The summed E-state index contributed by atoms with van der Waals surface area (Å²) in [5, 5.41) is 8.85. The van der Waals surface area contributed by atoms with Crippen molar-refractivity contribution >= 4 is 22.6 Å². The molecule has 0 aliphatic carbocycles. The molecule has 1 aromatic heterocycles. The fourth-order valence-electron chi connectivity index (χ4n) is 1.08. The van der Waals surface area contributed by atoms with Crippen molar-refractivity contribution in [1.29, 1.82) is 0 Å². The molecule has 0 aromatic carbocycles. The normalized spacial score (nSPS) is 10.7. The van der Waals surface area contributed by atoms with Gasteiger partial charge in [0.15, 0.2) is 5.75 Å². The molecule has 6 heteroatoms. The Labute approximate surface area is 93.2 Å². The zero-order valence-electron chi connectivity index (χ0n) is 7.30. The Hall–Kier alpha value is -0.500. The highest BCUT2D eigenvalue weighted by atomic mass is 127. The minimum atomic E-state index is -2.68. The van der Waals surface area contributed by atoms with E-state index in [1.165, 1.54) is 13.3 Å². The van der Waals surface area contributed by atoms with Crippen LogP contribution in [0.5, 0.6) is 5.75 Å². The standard InChI is InChI=1S/C8H8F2INO2/c1-14-6-5(7(9)10)4(3-13)2-12-8(6)11/h2,7,13H,3H2,1H3. The molecule has 0 fully saturated rings. The Morgan fingerprint density at radius 2 is 2.29 bits per heavy atom. The summed E-state index contributed by atoms with van der Waals surface area (Å²) in [5.41, 5.74) is -0.188. The predicted octanol–water partition coefficient (Wildman–Crippen LogP) is 2.12. The number of methoxy groups -OCH3 is 1. The molecular weight excluding hydrogens is 307 g/mol. The summed E-state index contributed by atoms with van der Waals surface area (Å²) < 4.78 is 30.4. The number of aliphatic hydroxyl groups is 1. The highest BCUT2D eigenvalue weighted by Gasteiger charge is 2.21. The van der Waals surface area contributed by atoms with Crippen molar-refractivity contribution in [2.45, 2.75) is 13.0 Å². The summed E-state index contributed by atoms with van der Waals surface area (Å²) in [5.74, 6) is 0.0344. The van der Waals surface area contributed by atoms with Crippen molar-refractivity contribution in [3.05, 3.63) is 21.0 Å². The molecule has 0 spiro atoms. The van der Waals surface area contributed by atoms with Gasteiger partial charge in [-0.1, -0.05) is 0 Å². The summed E-state index contributed by atoms with van der Waals surface area (Å²) in [6.07, 6.45) is -1.45. The number of rotatable bonds is 3. The quantitative estimate of drug-likeness (QED) is 0.686. The lowest BCUT2D eigenvalue weighted by molar-refractivity contribution is 0.142. The SMILES string of the molecule is COc1c(I)ncc(CO)c1C(F)F. The van der Waals surface area contributed by atoms with Crippen LogP contribution in [0.25, 0.3) is 0 Å². The Kier molecular flexibility index (Phi) is 3.99. The van der Waals surface area contributed by atoms with Crippen molar-refractivity contribution < 1.29 is 18.6 Å². The lowest BCUT2D eigenvalue weighted by Gasteiger charge is -2.12. The summed E-state index contributed by atoms with van der Waals surface area (Å²) in [6.45, 7) is -0.472. The third-order valence-electron chi connectivity index (χ3n) is 1.70. The molecule has 1 N–H and O–H groups in total. The van der Waals surface area contributed by atoms with Crippen molar-refractivity contribution in [2.75, 3.05) is 7.11 Å². The van der Waals surface area contributed by atoms with Crippen LogP contribution >= 0.6 is 22.6 Å². The van der Waals surface area contributed by atoms with Gasteiger partial charge >= 0.3 is 0 Å². The van der Waals surface area contributed by atoms with Gasteiger partial charge in [-0.15, -0.1) is 0 Å². The van der Waals surface area contributed by atoms with E-state index in [4.69, 9.17) is 9.84 Å². The van der Waals surface area contributed by atoms with Crippen LogP contribution in [0.15, 0.2) is 6.20 Å². The number of aromatic nitrogens is 1. The number of hydrogen-bond acceptors (Lipinski definition) is 3. The highest BCUT2D eigenvalue weighted by molar-refractivity contribution is 14.1. The van der Waals surface area contributed by atoms with Crippen LogP contribution in [0.1, 0.15) is 17.6 Å². The van der Waals surface area contributed by atoms with Crippen LogP contribution in [0.4, 0.5) is 8.78 Å². The highest BCUT2D eigenvalue weighted by Crippen LogP contribution is 2.34. The van der Waals surface area contributed by atoms with Crippen molar-refractivity contribution in [3.8, 4) is 5.75 Å². The van der Waals surface area contributed by atoms with Gasteiger partial charge in [-0.05, 0) is 22.6 Å². The van der Waals surface area contributed by atoms with Crippen molar-refractivity contribution in [3.63, 3.8) is 0 Å². The first-order valence-electron chi connectivity index (χ1n) is 3.72. The number of alkyl halides is 2. The van der Waals surface area contributed by atoms with Crippen LogP contribution in [-0.2, 0) is 6.61 Å². The molecule has 0 aliphatic heterocycles. The maximum Gasteiger partial charge on any atom is 0.267 e. The molecule has 0 aliphatic rings. The van der Waals surface area contributed by atoms with Crippen LogP contribution in [0.3, 0.4) is 0 Å². The van der Waals surface area contributed by atoms with E-state index in [-0.39, 0.29) is 16.9 Å². The predicted molar refractivity (Wildman–Crippen MR) is 54.4 cm³/mol. The van der Waals surface area contributed by atoms with Gasteiger partial charge in [-0.3, -0.25) is 0 Å². The van der Waals surface area contributed by atoms with Gasteiger partial charge in [0.25, 0.3) is 6.43 Å². The molecule has 78 valence electrons. The minimum absolute atomic E-state index is 0.0344. The van der Waals surface area contributed by atoms with Crippen LogP contribution < -0.4 is 4.74 Å². The van der Waals surface area contributed by atoms with E-state index >= 15 is 0 Å². The molecule has 0 radical (unpaired) electrons. The summed E-state index contributed by atoms with van der Waals surface area (Å²) >= 11 is 1.80. The van der Waals surface area contributed by atoms with E-state index in [1.54, 1.807) is 22.6 Å². The average Bonchev–Trinajstić information content (AvgIpc) is 2.17. The average molecular weight is 315 g/mol. The second-order valence-corrected chi connectivity index (χ2v) is 3.50. The Morgan fingerprint density at radius 3 is 2.71 bits per heavy atom. The zero-order chi connectivity index (χ0) is 10.7. The molecule has 3 nitrogen and oxygen atoms in total. The maximum atomic E-state index is 12.6. The number of nitrogens with zero attached hydrogens (tertiary/aromatic N) is 1. The van der Waals surface area contributed by atoms with Crippen LogP contribution in [-0.4, -0.2) is 17.2 Å². The first kappa shape index (κ1) is 11.6. The fraction of sp³-hybridized carbons (Fsp3) is 0.375. The summed E-state index contributed by atoms with van der Waals surface area (Å²) in [6, 6.07) is 0. The smallest absolute Gasteiger partial charge is 0.267 e. The van der Waals surface area contributed by atoms with Crippen LogP contribution in [0.2, 0.25) is 0 Å². The van der Waals surface area contributed by atoms with E-state index in [1.807, 2.05) is 0 Å². The topological polar surface area (TPSA) is 42.4 Å². The molecule has 1 heterocycles. The molecule has 1 aromatic rings. The Bertz CT molecular complexity index is 333. The molecule has 0 saturated carbocycles. The lowest BCUT2D eigenvalue weighted by Crippen LogP contribution is -2.03. The molecule has 14 heavy (non-hydrogen) atoms. The summed E-state index contributed by atoms with van der Waals surface area (Å²) in [4.78, 5) is 3.83. The number of hydrogen-bond donors (Lipinski definition) is 1. The van der Waals surface area contributed by atoms with Gasteiger partial charge in [-0.25, -0.2) is 13.8 Å². The monoisotopic (exact) mass is 315 g/mol. The lowest BCUT2D eigenvalue weighted by atomic mass is 10.1. The fourth-order valence-corrected chi connectivity index (χ4v) is 1.73. The third-order valence-corrected chi connectivity index (χ3v) is 2.47. The number of aliphatic hydroxyl groups excluding tert-OH is 1. The van der Waals surface area contributed by atoms with Gasteiger partial charge in [0.05, 0.1) is 19.3 Å². The molecule has 0 amide bonds. The molecule has 0 saturated heterocycles. The van der Waals surface area contributed by atoms with Gasteiger partial charge in [0.1, 0.15) is 3.70 Å². The van der Waals surface area contributed by atoms with Crippen LogP contribution in [0, 0.1) is 3.70 Å². The van der Waals surface area contributed by atoms with E-state index in [0.717, 1.165) is 0 Å². The van der Waals surface area contributed by atoms with E-state index in [2.05, 4.69) is 4.98 Å². The van der Waals surface area contributed by atoms with Gasteiger partial charge in [0.2, 0.25) is 0 Å². The number of ether oxygens (including phenoxy) is 1. The first-order chi connectivity index (χ1) is 6.61. The number of halogens is 3. The van der Waals surface area contributed by atoms with Gasteiger partial charge < -0.3 is 9.84 Å². The number of pyridine rings is 1. The molecular formula is C8H8F2INO2. The van der Waals surface area contributed by atoms with Crippen molar-refractivity contribution in [1.82, 2.24) is 4.98 Å². The summed E-state index contributed by atoms with van der Waals surface area (Å²) in [7, 11) is 1.30. The van der Waals surface area contributed by atoms with E-state index < -0.39 is 13.0 Å². The Balaban J connectivity index is 3.36. The van der Waals surface area contributed by atoms with E-state index in [9.17, 15) is 8.78 Å². The second kappa shape index (κ2) is 4.83. The molecule has 0 bridgehead atoms. The van der Waals surface area contributed by atoms with Gasteiger partial charge in [0, 0.05) is 11.8 Å². The second-order valence-electron chi connectivity index (χ2n) is 2.48. The Morgan fingerprint density at radius 1 is 1.64 bits per heavy atom. The maximum absolute atomic E-state index is 12.6. The van der Waals surface area contributed by atoms with Gasteiger partial charge in [-0.2, -0.15) is 0 Å². The molecule has 1 rings (SSSR count). The van der Waals surface area contributed by atoms with Crippen molar-refractivity contribution in [2.24, 2.45) is 0 Å². The largest absolute Gasteiger partial charge is 0.493 e. The van der Waals surface area contributed by atoms with E-state index in [0.29, 0.717) is 3.70 Å². The zero-order valence-corrected chi connectivity index (χ0v) is 9.46. The minimum Gasteiger partial charge on any atom is -0.493 e. The third kappa shape index (κ3) is 2.11. The first-order valence-corrected chi connectivity index (χ1v) is 4.80.